The molecule has 1 aliphatic heterocycles. The van der Waals surface area contributed by atoms with Crippen molar-refractivity contribution in [3.63, 3.8) is 0 Å². The predicted molar refractivity (Wildman–Crippen MR) is 125 cm³/mol. The number of hydrogen-bond donors (Lipinski definition) is 3. The lowest BCUT2D eigenvalue weighted by atomic mass is 10.0. The van der Waals surface area contributed by atoms with Crippen molar-refractivity contribution in [1.82, 2.24) is 30.5 Å². The van der Waals surface area contributed by atoms with E-state index in [2.05, 4.69) is 37.6 Å². The number of rotatable bonds is 3. The maximum atomic E-state index is 14.1. The summed E-state index contributed by atoms with van der Waals surface area (Å²) in [5, 5.41) is 11.9. The molecule has 0 atom stereocenters. The molecule has 0 bridgehead atoms. The van der Waals surface area contributed by atoms with Crippen LogP contribution in [0.5, 0.6) is 0 Å². The summed E-state index contributed by atoms with van der Waals surface area (Å²) in [5.74, 6) is 0.418. The van der Waals surface area contributed by atoms with Gasteiger partial charge in [0.2, 0.25) is 0 Å². The van der Waals surface area contributed by atoms with Gasteiger partial charge in [-0.25, -0.2) is 9.37 Å². The van der Waals surface area contributed by atoms with E-state index in [1.165, 1.54) is 11.6 Å². The van der Waals surface area contributed by atoms with Crippen molar-refractivity contribution in [3.05, 3.63) is 71.8 Å². The summed E-state index contributed by atoms with van der Waals surface area (Å²) >= 11 is 0. The van der Waals surface area contributed by atoms with Crippen LogP contribution in [-0.4, -0.2) is 38.2 Å². The molecule has 0 amide bonds. The third-order valence-electron chi connectivity index (χ3n) is 5.93. The Labute approximate surface area is 183 Å². The van der Waals surface area contributed by atoms with Crippen LogP contribution in [0.2, 0.25) is 0 Å². The first-order valence-electron chi connectivity index (χ1n) is 10.7. The van der Waals surface area contributed by atoms with Crippen LogP contribution in [-0.2, 0) is 0 Å². The van der Waals surface area contributed by atoms with Crippen LogP contribution in [0, 0.1) is 12.7 Å². The molecule has 6 rings (SSSR count). The third kappa shape index (κ3) is 3.18. The lowest BCUT2D eigenvalue weighted by Gasteiger charge is -2.13. The first-order chi connectivity index (χ1) is 15.7. The van der Waals surface area contributed by atoms with E-state index < -0.39 is 0 Å². The predicted octanol–water partition coefficient (Wildman–Crippen LogP) is 4.99. The van der Waals surface area contributed by atoms with Crippen LogP contribution in [0.4, 0.5) is 4.39 Å². The van der Waals surface area contributed by atoms with Crippen LogP contribution in [0.25, 0.3) is 50.2 Å². The van der Waals surface area contributed by atoms with E-state index in [9.17, 15) is 4.39 Å². The van der Waals surface area contributed by atoms with Crippen LogP contribution in [0.3, 0.4) is 0 Å². The molecule has 0 radical (unpaired) electrons. The second-order valence-electron chi connectivity index (χ2n) is 8.18. The monoisotopic (exact) mass is 424 g/mol. The fourth-order valence-corrected chi connectivity index (χ4v) is 4.40. The van der Waals surface area contributed by atoms with Gasteiger partial charge < -0.3 is 10.3 Å². The van der Waals surface area contributed by atoms with Crippen molar-refractivity contribution in [2.24, 2.45) is 0 Å². The Morgan fingerprint density at radius 1 is 1.06 bits per heavy atom. The molecule has 158 valence electrons. The zero-order chi connectivity index (χ0) is 21.7. The molecule has 32 heavy (non-hydrogen) atoms. The van der Waals surface area contributed by atoms with Gasteiger partial charge in [-0.05, 0) is 60.9 Å². The molecule has 0 unspecified atom stereocenters. The zero-order valence-corrected chi connectivity index (χ0v) is 17.5. The number of pyridine rings is 1. The maximum absolute atomic E-state index is 14.1. The highest BCUT2D eigenvalue weighted by Crippen LogP contribution is 2.33. The largest absolute Gasteiger partial charge is 0.337 e. The van der Waals surface area contributed by atoms with Gasteiger partial charge in [0.05, 0.1) is 28.4 Å². The smallest absolute Gasteiger partial charge is 0.159 e. The van der Waals surface area contributed by atoms with Gasteiger partial charge in [-0.15, -0.1) is 0 Å². The minimum Gasteiger partial charge on any atom is -0.337 e. The Kier molecular flexibility index (Phi) is 4.36. The van der Waals surface area contributed by atoms with Crippen molar-refractivity contribution in [2.75, 3.05) is 13.1 Å². The fourth-order valence-electron chi connectivity index (χ4n) is 4.40. The summed E-state index contributed by atoms with van der Waals surface area (Å²) in [7, 11) is 0. The van der Waals surface area contributed by atoms with Crippen molar-refractivity contribution in [2.45, 2.75) is 13.3 Å². The van der Waals surface area contributed by atoms with Gasteiger partial charge >= 0.3 is 0 Å². The summed E-state index contributed by atoms with van der Waals surface area (Å²) in [6.45, 7) is 3.71. The summed E-state index contributed by atoms with van der Waals surface area (Å²) in [5.41, 5.74) is 8.05. The number of aryl methyl sites for hydroxylation is 1. The molecule has 0 saturated carbocycles. The fraction of sp³-hybridized carbons (Fsp3) is 0.160. The number of fused-ring (bicyclic) bond motifs is 2. The molecule has 0 saturated heterocycles. The number of nitrogens with one attached hydrogen (secondary N) is 3. The van der Waals surface area contributed by atoms with Crippen molar-refractivity contribution >= 4 is 27.5 Å². The second-order valence-corrected chi connectivity index (χ2v) is 8.18. The van der Waals surface area contributed by atoms with E-state index in [-0.39, 0.29) is 5.82 Å². The normalized spacial score (nSPS) is 14.2. The Hall–Kier alpha value is -3.84. The highest BCUT2D eigenvalue weighted by molar-refractivity contribution is 5.97. The topological polar surface area (TPSA) is 82.3 Å². The van der Waals surface area contributed by atoms with Gasteiger partial charge in [-0.1, -0.05) is 24.3 Å². The average Bonchev–Trinajstić information content (AvgIpc) is 3.42. The van der Waals surface area contributed by atoms with Gasteiger partial charge in [-0.3, -0.25) is 10.1 Å². The summed E-state index contributed by atoms with van der Waals surface area (Å²) in [6.07, 6.45) is 4.96. The summed E-state index contributed by atoms with van der Waals surface area (Å²) in [6, 6.07) is 13.0. The zero-order valence-electron chi connectivity index (χ0n) is 17.5. The lowest BCUT2D eigenvalue weighted by Crippen LogP contribution is -2.20. The molecule has 5 aromatic rings. The molecule has 0 fully saturated rings. The third-order valence-corrected chi connectivity index (χ3v) is 5.93. The molecule has 3 N–H and O–H groups in total. The van der Waals surface area contributed by atoms with Crippen LogP contribution in [0.1, 0.15) is 17.7 Å². The number of imidazole rings is 1. The molecule has 1 aliphatic rings. The molecule has 0 spiro atoms. The molecule has 4 heterocycles. The van der Waals surface area contributed by atoms with Crippen LogP contribution < -0.4 is 5.32 Å². The summed E-state index contributed by atoms with van der Waals surface area (Å²) < 4.78 is 14.1. The highest BCUT2D eigenvalue weighted by atomic mass is 19.1. The molecule has 3 aromatic heterocycles. The molecule has 7 heteroatoms. The molecular formula is C25H21FN6. The number of H-pyrrole nitrogens is 2. The minimum atomic E-state index is -0.252. The highest BCUT2D eigenvalue weighted by Gasteiger charge is 2.17. The number of nitrogens with zero attached hydrogens (tertiary/aromatic N) is 3. The Balaban J connectivity index is 1.49. The van der Waals surface area contributed by atoms with E-state index in [0.29, 0.717) is 5.82 Å². The number of benzene rings is 2. The van der Waals surface area contributed by atoms with E-state index in [1.807, 2.05) is 37.4 Å². The SMILES string of the molecule is Cc1cc(F)cc(-c2cccc3[nH]c(-c4n[nH]c5cnc(C6=CCNCC6)cc45)nc23)c1. The molecular weight excluding hydrogens is 403 g/mol. The van der Waals surface area contributed by atoms with E-state index >= 15 is 0 Å². The second kappa shape index (κ2) is 7.39. The van der Waals surface area contributed by atoms with Gasteiger partial charge in [-0.2, -0.15) is 5.10 Å². The lowest BCUT2D eigenvalue weighted by molar-refractivity contribution is 0.627. The average molecular weight is 424 g/mol. The van der Waals surface area contributed by atoms with E-state index in [1.54, 1.807) is 6.07 Å². The molecule has 6 nitrogen and oxygen atoms in total. The summed E-state index contributed by atoms with van der Waals surface area (Å²) in [4.78, 5) is 12.9. The Morgan fingerprint density at radius 2 is 2.00 bits per heavy atom. The van der Waals surface area contributed by atoms with E-state index in [4.69, 9.17) is 4.98 Å². The van der Waals surface area contributed by atoms with Gasteiger partial charge in [0.1, 0.15) is 11.5 Å². The van der Waals surface area contributed by atoms with Crippen LogP contribution in [0.15, 0.2) is 54.7 Å². The first-order valence-corrected chi connectivity index (χ1v) is 10.7. The van der Waals surface area contributed by atoms with E-state index in [0.717, 1.165) is 69.5 Å². The standard InChI is InChI=1S/C25H21FN6/c1-14-9-16(11-17(26)10-14)18-3-2-4-20-23(18)30-25(29-20)24-19-12-21(15-5-7-27-8-6-15)28-13-22(19)31-32-24/h2-5,9-13,27H,6-8H2,1H3,(H,29,30)(H,31,32). The first kappa shape index (κ1) is 18.9. The van der Waals surface area contributed by atoms with Crippen LogP contribution >= 0.6 is 0 Å². The number of halogens is 1. The van der Waals surface area contributed by atoms with Gasteiger partial charge in [0, 0.05) is 17.5 Å². The minimum absolute atomic E-state index is 0.252. The van der Waals surface area contributed by atoms with Gasteiger partial charge in [0.25, 0.3) is 0 Å². The molecule has 2 aromatic carbocycles. The number of aromatic nitrogens is 5. The number of para-hydroxylation sites is 1. The van der Waals surface area contributed by atoms with Gasteiger partial charge in [0.15, 0.2) is 5.82 Å². The number of aromatic amines is 2. The van der Waals surface area contributed by atoms with Crippen molar-refractivity contribution < 1.29 is 4.39 Å². The quantitative estimate of drug-likeness (QED) is 0.381. The Bertz CT molecular complexity index is 1490. The Morgan fingerprint density at radius 3 is 2.84 bits per heavy atom. The maximum Gasteiger partial charge on any atom is 0.159 e. The van der Waals surface area contributed by atoms with Crippen molar-refractivity contribution in [1.29, 1.82) is 0 Å². The molecule has 0 aliphatic carbocycles. The van der Waals surface area contributed by atoms with Crippen molar-refractivity contribution in [3.8, 4) is 22.6 Å². The number of hydrogen-bond acceptors (Lipinski definition) is 4.